The summed E-state index contributed by atoms with van der Waals surface area (Å²) in [5.41, 5.74) is 3.57. The van der Waals surface area contributed by atoms with Crippen molar-refractivity contribution in [2.75, 3.05) is 26.6 Å². The van der Waals surface area contributed by atoms with Crippen LogP contribution in [0.2, 0.25) is 0 Å². The second kappa shape index (κ2) is 7.90. The van der Waals surface area contributed by atoms with E-state index >= 15 is 0 Å². The van der Waals surface area contributed by atoms with Crippen LogP contribution in [0.5, 0.6) is 23.0 Å². The molecule has 1 aliphatic carbocycles. The highest BCUT2D eigenvalue weighted by Gasteiger charge is 2.38. The quantitative estimate of drug-likeness (QED) is 0.670. The van der Waals surface area contributed by atoms with Crippen molar-refractivity contribution >= 4 is 5.69 Å². The maximum Gasteiger partial charge on any atom is 0.203 e. The zero-order chi connectivity index (χ0) is 20.5. The van der Waals surface area contributed by atoms with Gasteiger partial charge in [0.1, 0.15) is 5.75 Å². The number of nitrogens with one attached hydrogen (secondary N) is 1. The first-order valence-corrected chi connectivity index (χ1v) is 10.1. The summed E-state index contributed by atoms with van der Waals surface area (Å²) >= 11 is 0. The standard InChI is InChI=1S/C24H29NO4/c1-14(2)29-16-9-10-20-19(13-16)17-7-6-8-18(17)23(25-20)15-11-21(26-3)24(28-5)22(12-15)27-4/h6-7,9-14,17-18,23,25H,8H2,1-5H3. The third-order valence-electron chi connectivity index (χ3n) is 5.75. The SMILES string of the molecule is COc1cc(C2Nc3ccc(OC(C)C)cc3C3C=CCC32)cc(OC)c1OC. The highest BCUT2D eigenvalue weighted by molar-refractivity contribution is 5.63. The zero-order valence-electron chi connectivity index (χ0n) is 17.7. The number of hydrogen-bond donors (Lipinski definition) is 1. The molecule has 1 N–H and O–H groups in total. The molecule has 0 aromatic heterocycles. The van der Waals surface area contributed by atoms with Crippen LogP contribution in [0.15, 0.2) is 42.5 Å². The Labute approximate surface area is 172 Å². The molecule has 0 radical (unpaired) electrons. The molecule has 3 atom stereocenters. The second-order valence-electron chi connectivity index (χ2n) is 7.85. The Morgan fingerprint density at radius 1 is 0.966 bits per heavy atom. The molecule has 0 fully saturated rings. The smallest absolute Gasteiger partial charge is 0.203 e. The second-order valence-corrected chi connectivity index (χ2v) is 7.85. The van der Waals surface area contributed by atoms with Gasteiger partial charge in [-0.15, -0.1) is 0 Å². The first kappa shape index (κ1) is 19.5. The van der Waals surface area contributed by atoms with Crippen LogP contribution in [0.1, 0.15) is 43.4 Å². The van der Waals surface area contributed by atoms with Crippen LogP contribution in [0.3, 0.4) is 0 Å². The van der Waals surface area contributed by atoms with Gasteiger partial charge in [-0.05, 0) is 67.6 Å². The molecule has 0 bridgehead atoms. The van der Waals surface area contributed by atoms with Crippen molar-refractivity contribution in [3.05, 3.63) is 53.6 Å². The number of allylic oxidation sites excluding steroid dienone is 2. The van der Waals surface area contributed by atoms with Crippen molar-refractivity contribution in [3.8, 4) is 23.0 Å². The molecule has 5 heteroatoms. The largest absolute Gasteiger partial charge is 0.493 e. The van der Waals surface area contributed by atoms with Crippen LogP contribution in [-0.2, 0) is 0 Å². The third kappa shape index (κ3) is 3.50. The third-order valence-corrected chi connectivity index (χ3v) is 5.75. The van der Waals surface area contributed by atoms with Crippen LogP contribution in [0, 0.1) is 5.92 Å². The Morgan fingerprint density at radius 3 is 2.31 bits per heavy atom. The molecular weight excluding hydrogens is 366 g/mol. The lowest BCUT2D eigenvalue weighted by Crippen LogP contribution is -2.29. The van der Waals surface area contributed by atoms with Crippen molar-refractivity contribution in [1.82, 2.24) is 0 Å². The van der Waals surface area contributed by atoms with Gasteiger partial charge < -0.3 is 24.3 Å². The van der Waals surface area contributed by atoms with Crippen molar-refractivity contribution < 1.29 is 18.9 Å². The van der Waals surface area contributed by atoms with E-state index in [1.165, 1.54) is 5.56 Å². The minimum Gasteiger partial charge on any atom is -0.493 e. The van der Waals surface area contributed by atoms with Crippen molar-refractivity contribution in [2.24, 2.45) is 5.92 Å². The normalized spacial score (nSPS) is 21.9. The maximum absolute atomic E-state index is 5.93. The molecule has 1 aliphatic heterocycles. The van der Waals surface area contributed by atoms with E-state index in [4.69, 9.17) is 18.9 Å². The van der Waals surface area contributed by atoms with Crippen molar-refractivity contribution in [3.63, 3.8) is 0 Å². The van der Waals surface area contributed by atoms with E-state index in [1.807, 2.05) is 6.07 Å². The molecule has 4 rings (SSSR count). The van der Waals surface area contributed by atoms with E-state index in [1.54, 1.807) is 21.3 Å². The highest BCUT2D eigenvalue weighted by atomic mass is 16.5. The molecule has 0 saturated carbocycles. The molecule has 1 heterocycles. The summed E-state index contributed by atoms with van der Waals surface area (Å²) in [6.45, 7) is 4.10. The van der Waals surface area contributed by atoms with Gasteiger partial charge in [-0.2, -0.15) is 0 Å². The lowest BCUT2D eigenvalue weighted by atomic mass is 9.77. The van der Waals surface area contributed by atoms with E-state index in [0.717, 1.165) is 23.4 Å². The van der Waals surface area contributed by atoms with Crippen molar-refractivity contribution in [1.29, 1.82) is 0 Å². The number of anilines is 1. The zero-order valence-corrected chi connectivity index (χ0v) is 17.7. The van der Waals surface area contributed by atoms with Gasteiger partial charge in [0.15, 0.2) is 11.5 Å². The molecule has 0 spiro atoms. The molecule has 2 aromatic carbocycles. The molecule has 0 amide bonds. The van der Waals surface area contributed by atoms with Crippen molar-refractivity contribution in [2.45, 2.75) is 38.3 Å². The van der Waals surface area contributed by atoms with Gasteiger partial charge in [0.2, 0.25) is 5.75 Å². The van der Waals surface area contributed by atoms with Crippen LogP contribution in [0.4, 0.5) is 5.69 Å². The number of fused-ring (bicyclic) bond motifs is 3. The Bertz CT molecular complexity index is 896. The van der Waals surface area contributed by atoms with Crippen LogP contribution in [0.25, 0.3) is 0 Å². The molecule has 0 saturated heterocycles. The minimum atomic E-state index is 0.146. The maximum atomic E-state index is 5.93. The molecule has 5 nitrogen and oxygen atoms in total. The summed E-state index contributed by atoms with van der Waals surface area (Å²) in [4.78, 5) is 0. The minimum absolute atomic E-state index is 0.146. The first-order valence-electron chi connectivity index (χ1n) is 10.1. The fourth-order valence-corrected chi connectivity index (χ4v) is 4.53. The topological polar surface area (TPSA) is 49.0 Å². The molecule has 2 aromatic rings. The number of rotatable bonds is 6. The summed E-state index contributed by atoms with van der Waals surface area (Å²) in [7, 11) is 4.94. The Balaban J connectivity index is 1.74. The highest BCUT2D eigenvalue weighted by Crippen LogP contribution is 2.52. The molecular formula is C24H29NO4. The number of benzene rings is 2. The number of methoxy groups -OCH3 is 3. The summed E-state index contributed by atoms with van der Waals surface area (Å²) in [5, 5.41) is 3.76. The van der Waals surface area contributed by atoms with Gasteiger partial charge in [0.25, 0.3) is 0 Å². The molecule has 2 aliphatic rings. The molecule has 3 unspecified atom stereocenters. The van der Waals surface area contributed by atoms with Gasteiger partial charge in [0, 0.05) is 11.6 Å². The van der Waals surface area contributed by atoms with E-state index in [-0.39, 0.29) is 12.1 Å². The average Bonchev–Trinajstić information content (AvgIpc) is 3.22. The van der Waals surface area contributed by atoms with Crippen LogP contribution in [-0.4, -0.2) is 27.4 Å². The number of ether oxygens (including phenoxy) is 4. The predicted molar refractivity (Wildman–Crippen MR) is 115 cm³/mol. The van der Waals surface area contributed by atoms with Gasteiger partial charge in [-0.1, -0.05) is 12.2 Å². The summed E-state index contributed by atoms with van der Waals surface area (Å²) in [5.74, 6) is 3.67. The molecule has 154 valence electrons. The Morgan fingerprint density at radius 2 is 1.69 bits per heavy atom. The van der Waals surface area contributed by atoms with Crippen LogP contribution < -0.4 is 24.3 Å². The average molecular weight is 395 g/mol. The lowest BCUT2D eigenvalue weighted by molar-refractivity contribution is 0.242. The fourth-order valence-electron chi connectivity index (χ4n) is 4.53. The summed E-state index contributed by atoms with van der Waals surface area (Å²) in [6, 6.07) is 10.6. The van der Waals surface area contributed by atoms with E-state index in [2.05, 4.69) is 55.6 Å². The lowest BCUT2D eigenvalue weighted by Gasteiger charge is -2.38. The van der Waals surface area contributed by atoms with Gasteiger partial charge in [-0.3, -0.25) is 0 Å². The fraction of sp³-hybridized carbons (Fsp3) is 0.417. The predicted octanol–water partition coefficient (Wildman–Crippen LogP) is 5.33. The number of hydrogen-bond acceptors (Lipinski definition) is 5. The van der Waals surface area contributed by atoms with Gasteiger partial charge in [0.05, 0.1) is 33.5 Å². The summed E-state index contributed by atoms with van der Waals surface area (Å²) < 4.78 is 22.6. The first-order chi connectivity index (χ1) is 14.0. The van der Waals surface area contributed by atoms with Crippen LogP contribution >= 0.6 is 0 Å². The molecule has 29 heavy (non-hydrogen) atoms. The van der Waals surface area contributed by atoms with E-state index in [0.29, 0.717) is 29.1 Å². The van der Waals surface area contributed by atoms with Gasteiger partial charge in [-0.25, -0.2) is 0 Å². The summed E-state index contributed by atoms with van der Waals surface area (Å²) in [6.07, 6.45) is 5.79. The van der Waals surface area contributed by atoms with E-state index < -0.39 is 0 Å². The Hall–Kier alpha value is -2.82. The van der Waals surface area contributed by atoms with E-state index in [9.17, 15) is 0 Å². The van der Waals surface area contributed by atoms with Gasteiger partial charge >= 0.3 is 0 Å². The Kier molecular flexibility index (Phi) is 5.31. The monoisotopic (exact) mass is 395 g/mol.